The highest BCUT2D eigenvalue weighted by molar-refractivity contribution is 9.10. The quantitative estimate of drug-likeness (QED) is 0.656. The average molecular weight is 317 g/mol. The molecule has 1 aromatic heterocycles. The molecule has 2 nitrogen and oxygen atoms in total. The number of nitrogens with two attached hydrogens (primary N) is 1. The van der Waals surface area contributed by atoms with Gasteiger partial charge >= 0.3 is 0 Å². The molecule has 96 valence electrons. The minimum atomic E-state index is 0.391. The van der Waals surface area contributed by atoms with E-state index in [4.69, 9.17) is 5.84 Å². The molecule has 1 saturated carbocycles. The van der Waals surface area contributed by atoms with Crippen LogP contribution in [0.1, 0.15) is 38.0 Å². The van der Waals surface area contributed by atoms with Crippen molar-refractivity contribution in [2.75, 3.05) is 0 Å². The highest BCUT2D eigenvalue weighted by atomic mass is 79.9. The Bertz CT molecular complexity index is 375. The second kappa shape index (κ2) is 5.39. The molecule has 2 atom stereocenters. The van der Waals surface area contributed by atoms with Crippen LogP contribution in [-0.2, 0) is 6.42 Å². The Labute approximate surface area is 116 Å². The van der Waals surface area contributed by atoms with Crippen LogP contribution in [0.3, 0.4) is 0 Å². The van der Waals surface area contributed by atoms with Gasteiger partial charge in [-0.2, -0.15) is 0 Å². The summed E-state index contributed by atoms with van der Waals surface area (Å²) in [6.07, 6.45) is 4.98. The Kier molecular flexibility index (Phi) is 4.29. The van der Waals surface area contributed by atoms with E-state index in [-0.39, 0.29) is 0 Å². The second-order valence-electron chi connectivity index (χ2n) is 5.66. The third kappa shape index (κ3) is 2.92. The third-order valence-corrected chi connectivity index (χ3v) is 6.08. The fourth-order valence-corrected chi connectivity index (χ4v) is 4.66. The fraction of sp³-hybridized carbons (Fsp3) is 0.692. The largest absolute Gasteiger partial charge is 0.271 e. The van der Waals surface area contributed by atoms with E-state index in [1.165, 1.54) is 28.6 Å². The molecule has 0 radical (unpaired) electrons. The molecular weight excluding hydrogens is 296 g/mol. The standard InChI is InChI=1S/C13H21BrN2S/c1-13(2)6-3-4-9(13)11(16-15)8-12-10(14)5-7-17-12/h5,7,9,11,16H,3-4,6,8,15H2,1-2H3. The van der Waals surface area contributed by atoms with Crippen molar-refractivity contribution in [1.82, 2.24) is 5.43 Å². The second-order valence-corrected chi connectivity index (χ2v) is 7.51. The van der Waals surface area contributed by atoms with Crippen molar-refractivity contribution in [2.24, 2.45) is 17.2 Å². The average Bonchev–Trinajstić information content (AvgIpc) is 2.82. The van der Waals surface area contributed by atoms with E-state index in [0.29, 0.717) is 17.4 Å². The van der Waals surface area contributed by atoms with E-state index in [9.17, 15) is 0 Å². The van der Waals surface area contributed by atoms with Gasteiger partial charge in [0.1, 0.15) is 0 Å². The van der Waals surface area contributed by atoms with Gasteiger partial charge in [-0.3, -0.25) is 11.3 Å². The van der Waals surface area contributed by atoms with Gasteiger partial charge in [-0.15, -0.1) is 11.3 Å². The van der Waals surface area contributed by atoms with Crippen LogP contribution in [0, 0.1) is 11.3 Å². The highest BCUT2D eigenvalue weighted by Crippen LogP contribution is 2.45. The molecule has 0 aromatic carbocycles. The highest BCUT2D eigenvalue weighted by Gasteiger charge is 2.39. The summed E-state index contributed by atoms with van der Waals surface area (Å²) in [4.78, 5) is 1.40. The summed E-state index contributed by atoms with van der Waals surface area (Å²) in [6, 6.07) is 2.51. The summed E-state index contributed by atoms with van der Waals surface area (Å²) in [6.45, 7) is 4.75. The summed E-state index contributed by atoms with van der Waals surface area (Å²) < 4.78 is 1.22. The maximum atomic E-state index is 5.78. The van der Waals surface area contributed by atoms with E-state index in [2.05, 4.69) is 46.6 Å². The van der Waals surface area contributed by atoms with Gasteiger partial charge in [0.15, 0.2) is 0 Å². The maximum absolute atomic E-state index is 5.78. The molecule has 17 heavy (non-hydrogen) atoms. The zero-order chi connectivity index (χ0) is 12.5. The van der Waals surface area contributed by atoms with Crippen molar-refractivity contribution in [1.29, 1.82) is 0 Å². The zero-order valence-electron chi connectivity index (χ0n) is 10.5. The van der Waals surface area contributed by atoms with Crippen molar-refractivity contribution in [2.45, 2.75) is 45.6 Å². The summed E-state index contributed by atoms with van der Waals surface area (Å²) >= 11 is 5.41. The smallest absolute Gasteiger partial charge is 0.0314 e. The van der Waals surface area contributed by atoms with E-state index in [1.807, 2.05) is 11.3 Å². The van der Waals surface area contributed by atoms with Crippen LogP contribution in [0.25, 0.3) is 0 Å². The monoisotopic (exact) mass is 316 g/mol. The van der Waals surface area contributed by atoms with E-state index in [1.54, 1.807) is 0 Å². The van der Waals surface area contributed by atoms with Gasteiger partial charge < -0.3 is 0 Å². The fourth-order valence-electron chi connectivity index (χ4n) is 3.09. The Hall–Kier alpha value is 0.1000. The number of rotatable bonds is 4. The van der Waals surface area contributed by atoms with E-state index >= 15 is 0 Å². The minimum Gasteiger partial charge on any atom is -0.271 e. The summed E-state index contributed by atoms with van der Waals surface area (Å²) in [5, 5.41) is 2.13. The number of hydrogen-bond acceptors (Lipinski definition) is 3. The van der Waals surface area contributed by atoms with Crippen molar-refractivity contribution in [3.05, 3.63) is 20.8 Å². The van der Waals surface area contributed by atoms with Crippen LogP contribution in [0.4, 0.5) is 0 Å². The van der Waals surface area contributed by atoms with E-state index in [0.717, 1.165) is 6.42 Å². The summed E-state index contributed by atoms with van der Waals surface area (Å²) in [5.74, 6) is 6.46. The number of halogens is 1. The molecule has 4 heteroatoms. The number of hydrazine groups is 1. The molecule has 0 spiro atoms. The van der Waals surface area contributed by atoms with Gasteiger partial charge in [0.05, 0.1) is 0 Å². The zero-order valence-corrected chi connectivity index (χ0v) is 12.9. The summed E-state index contributed by atoms with van der Waals surface area (Å²) in [7, 11) is 0. The van der Waals surface area contributed by atoms with Gasteiger partial charge in [-0.05, 0) is 58.0 Å². The lowest BCUT2D eigenvalue weighted by atomic mass is 9.76. The molecule has 1 fully saturated rings. The first-order valence-electron chi connectivity index (χ1n) is 6.22. The molecule has 2 rings (SSSR count). The molecule has 1 aliphatic rings. The van der Waals surface area contributed by atoms with Crippen molar-refractivity contribution in [3.8, 4) is 0 Å². The predicted octanol–water partition coefficient (Wildman–Crippen LogP) is 3.71. The van der Waals surface area contributed by atoms with Crippen LogP contribution < -0.4 is 11.3 Å². The van der Waals surface area contributed by atoms with Gasteiger partial charge in [0, 0.05) is 15.4 Å². The lowest BCUT2D eigenvalue weighted by Gasteiger charge is -2.33. The number of nitrogens with one attached hydrogen (secondary N) is 1. The first-order valence-corrected chi connectivity index (χ1v) is 7.90. The first kappa shape index (κ1) is 13.5. The molecule has 0 amide bonds. The summed E-state index contributed by atoms with van der Waals surface area (Å²) in [5.41, 5.74) is 3.47. The Balaban J connectivity index is 2.09. The normalized spacial score (nSPS) is 25.1. The van der Waals surface area contributed by atoms with Gasteiger partial charge in [-0.25, -0.2) is 0 Å². The number of thiophene rings is 1. The molecule has 3 N–H and O–H groups in total. The molecule has 1 heterocycles. The molecule has 0 bridgehead atoms. The van der Waals surface area contributed by atoms with Crippen molar-refractivity contribution >= 4 is 27.3 Å². The van der Waals surface area contributed by atoms with Crippen molar-refractivity contribution < 1.29 is 0 Å². The first-order chi connectivity index (χ1) is 8.04. The third-order valence-electron chi connectivity index (χ3n) is 4.14. The van der Waals surface area contributed by atoms with Crippen LogP contribution in [0.15, 0.2) is 15.9 Å². The topological polar surface area (TPSA) is 38.0 Å². The Morgan fingerprint density at radius 2 is 2.41 bits per heavy atom. The maximum Gasteiger partial charge on any atom is 0.0314 e. The van der Waals surface area contributed by atoms with Gasteiger partial charge in [0.25, 0.3) is 0 Å². The lowest BCUT2D eigenvalue weighted by molar-refractivity contribution is 0.196. The molecule has 2 unspecified atom stereocenters. The molecule has 0 saturated heterocycles. The minimum absolute atomic E-state index is 0.391. The molecule has 1 aromatic rings. The van der Waals surface area contributed by atoms with Crippen LogP contribution in [0.2, 0.25) is 0 Å². The Morgan fingerprint density at radius 3 is 2.88 bits per heavy atom. The van der Waals surface area contributed by atoms with Crippen LogP contribution in [-0.4, -0.2) is 6.04 Å². The van der Waals surface area contributed by atoms with E-state index < -0.39 is 0 Å². The SMILES string of the molecule is CC1(C)CCCC1C(Cc1sccc1Br)NN. The molecule has 0 aliphatic heterocycles. The van der Waals surface area contributed by atoms with Gasteiger partial charge in [-0.1, -0.05) is 20.3 Å². The lowest BCUT2D eigenvalue weighted by Crippen LogP contribution is -2.45. The molecule has 1 aliphatic carbocycles. The van der Waals surface area contributed by atoms with Crippen molar-refractivity contribution in [3.63, 3.8) is 0 Å². The van der Waals surface area contributed by atoms with Crippen LogP contribution in [0.5, 0.6) is 0 Å². The predicted molar refractivity (Wildman–Crippen MR) is 78.0 cm³/mol. The molecular formula is C13H21BrN2S. The Morgan fingerprint density at radius 1 is 1.65 bits per heavy atom. The van der Waals surface area contributed by atoms with Gasteiger partial charge in [0.2, 0.25) is 0 Å². The number of hydrogen-bond donors (Lipinski definition) is 2. The van der Waals surface area contributed by atoms with Crippen LogP contribution >= 0.6 is 27.3 Å².